The Labute approximate surface area is 114 Å². The lowest BCUT2D eigenvalue weighted by atomic mass is 10.3. The van der Waals surface area contributed by atoms with Crippen molar-refractivity contribution in [2.24, 2.45) is 0 Å². The molecule has 2 aromatic heterocycles. The molecule has 8 heteroatoms. The summed E-state index contributed by atoms with van der Waals surface area (Å²) in [5.74, 6) is 0.923. The predicted molar refractivity (Wildman–Crippen MR) is 75.3 cm³/mol. The Balaban J connectivity index is 1.62. The lowest BCUT2D eigenvalue weighted by molar-refractivity contribution is 0.799. The molecular weight excluding hydrogens is 262 g/mol. The number of aromatic nitrogens is 4. The zero-order valence-electron chi connectivity index (χ0n) is 10.6. The van der Waals surface area contributed by atoms with Gasteiger partial charge in [0.15, 0.2) is 5.82 Å². The number of nitrogen functional groups attached to an aromatic ring is 1. The second-order valence-corrected chi connectivity index (χ2v) is 5.56. The molecule has 0 unspecified atom stereocenters. The monoisotopic (exact) mass is 277 g/mol. The summed E-state index contributed by atoms with van der Waals surface area (Å²) in [6.07, 6.45) is 1.04. The molecule has 7 nitrogen and oxygen atoms in total. The molecule has 100 valence electrons. The van der Waals surface area contributed by atoms with Gasteiger partial charge in [-0.1, -0.05) is 11.3 Å². The maximum absolute atomic E-state index is 5.56. The summed E-state index contributed by atoms with van der Waals surface area (Å²) < 4.78 is 0. The molecule has 0 spiro atoms. The first-order valence-electron chi connectivity index (χ1n) is 6.11. The van der Waals surface area contributed by atoms with E-state index < -0.39 is 0 Å². The molecule has 3 N–H and O–H groups in total. The molecule has 1 saturated heterocycles. The van der Waals surface area contributed by atoms with Crippen LogP contribution in [0.1, 0.15) is 12.1 Å². The van der Waals surface area contributed by atoms with E-state index in [9.17, 15) is 0 Å². The van der Waals surface area contributed by atoms with E-state index in [0.29, 0.717) is 11.2 Å². The average Bonchev–Trinajstić information content (AvgIpc) is 3.00. The summed E-state index contributed by atoms with van der Waals surface area (Å²) in [7, 11) is 0. The van der Waals surface area contributed by atoms with Crippen molar-refractivity contribution in [1.29, 1.82) is 0 Å². The molecular formula is C11H15N7S. The number of nitrogens with zero attached hydrogens (tertiary/aromatic N) is 5. The molecule has 0 saturated carbocycles. The minimum Gasteiger partial charge on any atom is -0.374 e. The first-order chi connectivity index (χ1) is 9.20. The Morgan fingerprint density at radius 2 is 2.21 bits per heavy atom. The third kappa shape index (κ3) is 2.73. The first-order valence-corrected chi connectivity index (χ1v) is 6.93. The minimum atomic E-state index is 0.343. The lowest BCUT2D eigenvalue weighted by Gasteiger charge is -2.16. The number of hydrogen-bond acceptors (Lipinski definition) is 8. The number of hydrogen-bond donors (Lipinski definition) is 2. The van der Waals surface area contributed by atoms with E-state index in [2.05, 4.69) is 30.6 Å². The number of aryl methyl sites for hydroxylation is 1. The molecule has 1 aliphatic heterocycles. The van der Waals surface area contributed by atoms with Crippen molar-refractivity contribution in [3.05, 3.63) is 17.8 Å². The van der Waals surface area contributed by atoms with E-state index in [1.54, 1.807) is 0 Å². The van der Waals surface area contributed by atoms with Gasteiger partial charge in [0.05, 0.1) is 5.69 Å². The molecule has 0 aliphatic carbocycles. The summed E-state index contributed by atoms with van der Waals surface area (Å²) in [6, 6.07) is 4.33. The third-order valence-corrected chi connectivity index (χ3v) is 3.75. The van der Waals surface area contributed by atoms with Crippen LogP contribution < -0.4 is 16.0 Å². The maximum atomic E-state index is 5.56. The van der Waals surface area contributed by atoms with Crippen molar-refractivity contribution in [3.63, 3.8) is 0 Å². The van der Waals surface area contributed by atoms with Crippen molar-refractivity contribution < 1.29 is 0 Å². The van der Waals surface area contributed by atoms with Crippen LogP contribution in [-0.4, -0.2) is 39.5 Å². The van der Waals surface area contributed by atoms with E-state index in [1.165, 1.54) is 11.3 Å². The second kappa shape index (κ2) is 4.96. The first kappa shape index (κ1) is 12.1. The van der Waals surface area contributed by atoms with Gasteiger partial charge in [0, 0.05) is 19.1 Å². The summed E-state index contributed by atoms with van der Waals surface area (Å²) in [5, 5.41) is 20.7. The Morgan fingerprint density at radius 3 is 2.89 bits per heavy atom. The van der Waals surface area contributed by atoms with Gasteiger partial charge in [0.1, 0.15) is 0 Å². The van der Waals surface area contributed by atoms with Crippen LogP contribution in [0.15, 0.2) is 12.1 Å². The molecule has 1 atom stereocenters. The molecule has 0 radical (unpaired) electrons. The molecule has 19 heavy (non-hydrogen) atoms. The van der Waals surface area contributed by atoms with Gasteiger partial charge in [-0.25, -0.2) is 0 Å². The number of nitrogens with one attached hydrogen (secondary N) is 1. The van der Waals surface area contributed by atoms with Gasteiger partial charge >= 0.3 is 0 Å². The van der Waals surface area contributed by atoms with Crippen LogP contribution in [0, 0.1) is 6.92 Å². The molecule has 3 heterocycles. The van der Waals surface area contributed by atoms with Crippen LogP contribution in [0.3, 0.4) is 0 Å². The smallest absolute Gasteiger partial charge is 0.207 e. The standard InChI is InChI=1S/C11H15N7S/c1-7-2-3-9(15-14-7)18-5-4-8(6-18)13-11-17-16-10(12)19-11/h2-3,8H,4-6H2,1H3,(H2,12,16)(H,13,17)/t8-/m1/s1. The molecule has 0 bridgehead atoms. The van der Waals surface area contributed by atoms with Crippen molar-refractivity contribution >= 4 is 27.4 Å². The lowest BCUT2D eigenvalue weighted by Crippen LogP contribution is -2.26. The normalized spacial score (nSPS) is 18.8. The van der Waals surface area contributed by atoms with Crippen LogP contribution in [0.5, 0.6) is 0 Å². The van der Waals surface area contributed by atoms with Gasteiger partial charge in [0.25, 0.3) is 0 Å². The van der Waals surface area contributed by atoms with Crippen LogP contribution in [0.4, 0.5) is 16.1 Å². The quantitative estimate of drug-likeness (QED) is 0.861. The van der Waals surface area contributed by atoms with Crippen molar-refractivity contribution in [2.75, 3.05) is 29.0 Å². The van der Waals surface area contributed by atoms with Crippen LogP contribution in [0.2, 0.25) is 0 Å². The molecule has 1 aliphatic rings. The van der Waals surface area contributed by atoms with E-state index in [-0.39, 0.29) is 0 Å². The fraction of sp³-hybridized carbons (Fsp3) is 0.455. The predicted octanol–water partition coefficient (Wildman–Crippen LogP) is 0.910. The number of rotatable bonds is 3. The van der Waals surface area contributed by atoms with Crippen molar-refractivity contribution in [2.45, 2.75) is 19.4 Å². The zero-order valence-corrected chi connectivity index (χ0v) is 11.4. The topological polar surface area (TPSA) is 92.8 Å². The van der Waals surface area contributed by atoms with Gasteiger partial charge < -0.3 is 16.0 Å². The summed E-state index contributed by atoms with van der Waals surface area (Å²) in [4.78, 5) is 2.22. The van der Waals surface area contributed by atoms with Crippen LogP contribution >= 0.6 is 11.3 Å². The fourth-order valence-electron chi connectivity index (χ4n) is 2.11. The molecule has 2 aromatic rings. The SMILES string of the molecule is Cc1ccc(N2CC[C@@H](Nc3nnc(N)s3)C2)nn1. The fourth-order valence-corrected chi connectivity index (χ4v) is 2.70. The Morgan fingerprint density at radius 1 is 1.32 bits per heavy atom. The van der Waals surface area contributed by atoms with Crippen molar-refractivity contribution in [1.82, 2.24) is 20.4 Å². The summed E-state index contributed by atoms with van der Waals surface area (Å²) >= 11 is 1.37. The maximum Gasteiger partial charge on any atom is 0.207 e. The second-order valence-electron chi connectivity index (χ2n) is 4.55. The van der Waals surface area contributed by atoms with Crippen LogP contribution in [0.25, 0.3) is 0 Å². The number of nitrogens with two attached hydrogens (primary N) is 1. The number of anilines is 3. The minimum absolute atomic E-state index is 0.343. The largest absolute Gasteiger partial charge is 0.374 e. The van der Waals surface area contributed by atoms with Gasteiger partial charge in [-0.15, -0.1) is 15.3 Å². The van der Waals surface area contributed by atoms with Gasteiger partial charge in [-0.3, -0.25) is 0 Å². The van der Waals surface area contributed by atoms with Gasteiger partial charge in [0.2, 0.25) is 10.3 Å². The van der Waals surface area contributed by atoms with Gasteiger partial charge in [-0.2, -0.15) is 5.10 Å². The summed E-state index contributed by atoms with van der Waals surface area (Å²) in [5.41, 5.74) is 6.49. The zero-order chi connectivity index (χ0) is 13.2. The van der Waals surface area contributed by atoms with Crippen LogP contribution in [-0.2, 0) is 0 Å². The average molecular weight is 277 g/mol. The van der Waals surface area contributed by atoms with E-state index >= 15 is 0 Å². The summed E-state index contributed by atoms with van der Waals surface area (Å²) in [6.45, 7) is 3.78. The molecule has 1 fully saturated rings. The Bertz CT molecular complexity index is 552. The highest BCUT2D eigenvalue weighted by atomic mass is 32.1. The van der Waals surface area contributed by atoms with E-state index in [1.807, 2.05) is 19.1 Å². The highest BCUT2D eigenvalue weighted by molar-refractivity contribution is 7.18. The third-order valence-electron chi connectivity index (χ3n) is 3.06. The Hall–Kier alpha value is -1.96. The molecule has 0 aromatic carbocycles. The van der Waals surface area contributed by atoms with Crippen molar-refractivity contribution in [3.8, 4) is 0 Å². The van der Waals surface area contributed by atoms with E-state index in [4.69, 9.17) is 5.73 Å². The highest BCUT2D eigenvalue weighted by Crippen LogP contribution is 2.22. The highest BCUT2D eigenvalue weighted by Gasteiger charge is 2.24. The Kier molecular flexibility index (Phi) is 3.16. The van der Waals surface area contributed by atoms with E-state index in [0.717, 1.165) is 36.2 Å². The van der Waals surface area contributed by atoms with Gasteiger partial charge in [-0.05, 0) is 25.5 Å². The molecule has 3 rings (SSSR count). The molecule has 0 amide bonds.